The van der Waals surface area contributed by atoms with E-state index in [0.29, 0.717) is 41.6 Å². The van der Waals surface area contributed by atoms with Crippen LogP contribution in [0.25, 0.3) is 33.4 Å². The molecule has 22 nitrogen and oxygen atoms in total. The number of pyridine rings is 1. The molecule has 0 saturated heterocycles. The molecule has 4 heterocycles. The van der Waals surface area contributed by atoms with Gasteiger partial charge in [0.25, 0.3) is 11.8 Å². The van der Waals surface area contributed by atoms with Gasteiger partial charge in [0, 0.05) is 84.2 Å². The number of nitrogen functional groups attached to an aromatic ring is 2. The number of anilines is 3. The Hall–Kier alpha value is -8.50. The highest BCUT2D eigenvalue weighted by Crippen LogP contribution is 2.38. The van der Waals surface area contributed by atoms with Crippen LogP contribution in [0.15, 0.2) is 71.7 Å². The molecule has 23 heteroatoms. The first kappa shape index (κ1) is 49.9. The first-order valence-electron chi connectivity index (χ1n) is 22.0. The molecule has 2 atom stereocenters. The molecule has 362 valence electrons. The number of fused-ring (bicyclic) bond motifs is 1. The summed E-state index contributed by atoms with van der Waals surface area (Å²) < 4.78 is 21.7. The number of imide groups is 1. The van der Waals surface area contributed by atoms with Gasteiger partial charge in [-0.15, -0.1) is 0 Å². The maximum Gasteiger partial charge on any atom is 0.342 e. The number of Topliss-reactive ketones (excluding diaryl/α,β-unsaturated/α-hetero) is 1. The normalized spacial score (nSPS) is 13.1. The number of hydrogen-bond acceptors (Lipinski definition) is 14. The topological polar surface area (TPSA) is 335 Å². The van der Waals surface area contributed by atoms with Crippen LogP contribution in [0.2, 0.25) is 0 Å². The Bertz CT molecular complexity index is 2800. The molecule has 2 aromatic carbocycles. The average Bonchev–Trinajstić information content (AvgIpc) is 4.04. The molecule has 0 fully saturated rings. The Morgan fingerprint density at radius 3 is 2.28 bits per heavy atom. The summed E-state index contributed by atoms with van der Waals surface area (Å²) in [5.74, 6) is -3.81. The van der Waals surface area contributed by atoms with Gasteiger partial charge < -0.3 is 48.3 Å². The van der Waals surface area contributed by atoms with Crippen LogP contribution in [0.3, 0.4) is 0 Å². The van der Waals surface area contributed by atoms with Gasteiger partial charge in [-0.05, 0) is 68.4 Å². The van der Waals surface area contributed by atoms with Crippen molar-refractivity contribution in [1.29, 1.82) is 0 Å². The van der Waals surface area contributed by atoms with E-state index in [1.165, 1.54) is 43.7 Å². The van der Waals surface area contributed by atoms with E-state index in [0.717, 1.165) is 15.6 Å². The summed E-state index contributed by atoms with van der Waals surface area (Å²) in [7, 11) is 0. The van der Waals surface area contributed by atoms with Crippen molar-refractivity contribution in [2.45, 2.75) is 77.9 Å². The average molecular weight is 950 g/mol. The maximum absolute atomic E-state index is 15.2. The van der Waals surface area contributed by atoms with Gasteiger partial charge in [0.05, 0.1) is 17.3 Å². The number of aromatic nitrogens is 4. The third-order valence-corrected chi connectivity index (χ3v) is 11.1. The van der Waals surface area contributed by atoms with E-state index in [9.17, 15) is 38.4 Å². The lowest BCUT2D eigenvalue weighted by atomic mass is 9.99. The second kappa shape index (κ2) is 22.3. The number of benzene rings is 2. The van der Waals surface area contributed by atoms with Crippen LogP contribution in [0.1, 0.15) is 75.2 Å². The summed E-state index contributed by atoms with van der Waals surface area (Å²) in [6.07, 6.45) is 8.65. The van der Waals surface area contributed by atoms with Gasteiger partial charge in [-0.25, -0.2) is 14.0 Å². The lowest BCUT2D eigenvalue weighted by Gasteiger charge is -2.25. The van der Waals surface area contributed by atoms with Crippen molar-refractivity contribution in [3.63, 3.8) is 0 Å². The van der Waals surface area contributed by atoms with Gasteiger partial charge >= 0.3 is 12.1 Å². The molecule has 0 unspecified atom stereocenters. The predicted molar refractivity (Wildman–Crippen MR) is 250 cm³/mol. The van der Waals surface area contributed by atoms with Gasteiger partial charge in [-0.1, -0.05) is 37.6 Å². The minimum Gasteiger partial charge on any atom is -0.398 e. The number of halogens is 1. The molecule has 0 saturated carbocycles. The van der Waals surface area contributed by atoms with Crippen LogP contribution < -0.4 is 43.8 Å². The third kappa shape index (κ3) is 12.5. The van der Waals surface area contributed by atoms with E-state index in [2.05, 4.69) is 41.8 Å². The number of nitrogens with zero attached hydrogens (tertiary/aromatic N) is 5. The number of nitrogens with two attached hydrogens (primary N) is 3. The van der Waals surface area contributed by atoms with Gasteiger partial charge in [0.1, 0.15) is 17.9 Å². The van der Waals surface area contributed by atoms with Crippen molar-refractivity contribution in [3.05, 3.63) is 84.1 Å². The van der Waals surface area contributed by atoms with Gasteiger partial charge in [-0.3, -0.25) is 38.7 Å². The van der Waals surface area contributed by atoms with Crippen molar-refractivity contribution >= 4 is 75.5 Å². The van der Waals surface area contributed by atoms with Crippen molar-refractivity contribution in [2.75, 3.05) is 29.9 Å². The van der Waals surface area contributed by atoms with Crippen LogP contribution in [-0.4, -0.2) is 97.4 Å². The summed E-state index contributed by atoms with van der Waals surface area (Å²) >= 11 is 0. The number of amides is 8. The van der Waals surface area contributed by atoms with Crippen molar-refractivity contribution < 1.29 is 47.3 Å². The van der Waals surface area contributed by atoms with Gasteiger partial charge in [0.2, 0.25) is 17.7 Å². The molecule has 0 spiro atoms. The number of ketones is 1. The number of carbonyl (C=O) groups is 8. The Kier molecular flexibility index (Phi) is 16.2. The van der Waals surface area contributed by atoms with Crippen LogP contribution >= 0.6 is 0 Å². The molecule has 8 amide bonds. The van der Waals surface area contributed by atoms with Gasteiger partial charge in [0.15, 0.2) is 17.2 Å². The minimum absolute atomic E-state index is 0.0310. The smallest absolute Gasteiger partial charge is 0.342 e. The lowest BCUT2D eigenvalue weighted by molar-refractivity contribution is -0.137. The molecular formula is C46H52FN13O9. The number of primary amides is 1. The predicted octanol–water partition coefficient (Wildman–Crippen LogP) is 3.52. The van der Waals surface area contributed by atoms with Crippen molar-refractivity contribution in [3.8, 4) is 22.4 Å². The Morgan fingerprint density at radius 1 is 0.870 bits per heavy atom. The van der Waals surface area contributed by atoms with Crippen molar-refractivity contribution in [2.24, 2.45) is 11.7 Å². The number of carbonyl (C=O) groups excluding carboxylic acids is 8. The van der Waals surface area contributed by atoms with Crippen LogP contribution in [0, 0.1) is 11.7 Å². The van der Waals surface area contributed by atoms with E-state index in [1.807, 2.05) is 0 Å². The second-order valence-corrected chi connectivity index (χ2v) is 16.5. The van der Waals surface area contributed by atoms with Crippen LogP contribution in [-0.2, 0) is 30.5 Å². The molecule has 6 rings (SSSR count). The third-order valence-electron chi connectivity index (χ3n) is 11.1. The fraction of sp³-hybridized carbons (Fsp3) is 0.326. The summed E-state index contributed by atoms with van der Waals surface area (Å²) in [5, 5.41) is 21.7. The summed E-state index contributed by atoms with van der Waals surface area (Å²) in [6, 6.07) is 5.47. The molecule has 5 aromatic rings. The van der Waals surface area contributed by atoms with Crippen LogP contribution in [0.5, 0.6) is 0 Å². The quantitative estimate of drug-likeness (QED) is 0.0226. The second-order valence-electron chi connectivity index (χ2n) is 16.5. The SMILES string of the molecule is CC(=O)c1cc(-c2ncc(-c3cnn(C(=O)NCc4ccc(NC(=O)[C@H](CCCNC(N)=O)NC(=O)[C@@H](NC(=O)CCCCCN5C(=O)C=CC5=O)C(C)C)cc4)c3)c3onc(N)c23)c(F)cc1N. The zero-order chi connectivity index (χ0) is 49.9. The summed E-state index contributed by atoms with van der Waals surface area (Å²) in [5.41, 5.74) is 19.2. The van der Waals surface area contributed by atoms with Crippen molar-refractivity contribution in [1.82, 2.24) is 46.1 Å². The largest absolute Gasteiger partial charge is 0.398 e. The standard InChI is InChI=1S/C46H52FN13O9/c1-24(2)39(57-35(62)9-5-4-6-17-59-36(63)14-15-37(59)64)44(66)56-34(8-7-16-51-45(50)67)43(65)55-28-12-10-26(11-13-28)20-53-46(68)60-23-27(21-54-60)31-22-52-40(38-41(31)69-58-42(38)49)30-18-29(25(3)61)33(48)19-32(30)47/h10-15,18-19,21-24,34,39H,4-9,16-17,20,48H2,1-3H3,(H2,49,58)(H,53,68)(H,55,65)(H,56,66)(H,57,62)(H3,50,51,67)/t34-,39-/m0/s1. The zero-order valence-corrected chi connectivity index (χ0v) is 38.0. The molecule has 3 aromatic heterocycles. The monoisotopic (exact) mass is 949 g/mol. The molecule has 69 heavy (non-hydrogen) atoms. The zero-order valence-electron chi connectivity index (χ0n) is 38.0. The number of unbranched alkanes of at least 4 members (excludes halogenated alkanes) is 2. The minimum atomic E-state index is -1.08. The Balaban J connectivity index is 1.04. The molecule has 0 aliphatic carbocycles. The lowest BCUT2D eigenvalue weighted by Crippen LogP contribution is -2.54. The van der Waals surface area contributed by atoms with Crippen LogP contribution in [0.4, 0.5) is 31.2 Å². The Morgan fingerprint density at radius 2 is 1.59 bits per heavy atom. The fourth-order valence-corrected chi connectivity index (χ4v) is 7.43. The number of hydrogen-bond donors (Lipinski definition) is 8. The number of nitrogens with one attached hydrogen (secondary N) is 5. The summed E-state index contributed by atoms with van der Waals surface area (Å²) in [6.45, 7) is 5.24. The molecule has 1 aliphatic rings. The van der Waals surface area contributed by atoms with E-state index < -0.39 is 41.8 Å². The highest BCUT2D eigenvalue weighted by molar-refractivity contribution is 6.13. The maximum atomic E-state index is 15.2. The molecule has 0 radical (unpaired) electrons. The highest BCUT2D eigenvalue weighted by Gasteiger charge is 2.30. The van der Waals surface area contributed by atoms with E-state index >= 15 is 4.39 Å². The molecule has 0 bridgehead atoms. The number of rotatable bonds is 21. The number of urea groups is 1. The highest BCUT2D eigenvalue weighted by atomic mass is 19.1. The molecular weight excluding hydrogens is 898 g/mol. The van der Waals surface area contributed by atoms with E-state index in [-0.39, 0.29) is 108 Å². The van der Waals surface area contributed by atoms with E-state index in [1.54, 1.807) is 38.1 Å². The molecule has 11 N–H and O–H groups in total. The summed E-state index contributed by atoms with van der Waals surface area (Å²) in [4.78, 5) is 106. The Labute approximate surface area is 393 Å². The first-order chi connectivity index (χ1) is 32.9. The van der Waals surface area contributed by atoms with Gasteiger partial charge in [-0.2, -0.15) is 9.78 Å². The molecule has 1 aliphatic heterocycles. The van der Waals surface area contributed by atoms with E-state index in [4.69, 9.17) is 21.7 Å². The fourth-order valence-electron chi connectivity index (χ4n) is 7.43. The first-order valence-corrected chi connectivity index (χ1v) is 22.0.